The Morgan fingerprint density at radius 1 is 0.773 bits per heavy atom. The van der Waals surface area contributed by atoms with E-state index in [0.717, 1.165) is 11.0 Å². The summed E-state index contributed by atoms with van der Waals surface area (Å²) in [5.41, 5.74) is 2.12. The molecule has 5 heteroatoms. The number of rotatable bonds is 0. The molecule has 22 heavy (non-hydrogen) atoms. The van der Waals surface area contributed by atoms with E-state index in [9.17, 15) is 9.59 Å². The number of carboxylic acids is 2. The van der Waals surface area contributed by atoms with Crippen LogP contribution in [0.1, 0.15) is 0 Å². The van der Waals surface area contributed by atoms with Crippen LogP contribution >= 0.6 is 0 Å². The van der Waals surface area contributed by atoms with E-state index in [4.69, 9.17) is 10.2 Å². The molecule has 0 atom stereocenters. The van der Waals surface area contributed by atoms with Gasteiger partial charge in [-0.2, -0.15) is 0 Å². The Morgan fingerprint density at radius 3 is 1.59 bits per heavy atom. The van der Waals surface area contributed by atoms with Crippen LogP contribution in [0.4, 0.5) is 0 Å². The first-order chi connectivity index (χ1) is 10.6. The summed E-state index contributed by atoms with van der Waals surface area (Å²) in [5, 5.41) is 17.9. The molecular formula is C17H11NO4. The van der Waals surface area contributed by atoms with Crippen molar-refractivity contribution in [1.82, 2.24) is 4.98 Å². The van der Waals surface area contributed by atoms with E-state index in [1.54, 1.807) is 0 Å². The van der Waals surface area contributed by atoms with Gasteiger partial charge in [0.25, 0.3) is 0 Å². The van der Waals surface area contributed by atoms with Crippen molar-refractivity contribution in [3.63, 3.8) is 0 Å². The highest BCUT2D eigenvalue weighted by Gasteiger charge is 1.96. The van der Waals surface area contributed by atoms with Crippen molar-refractivity contribution < 1.29 is 19.8 Å². The van der Waals surface area contributed by atoms with Gasteiger partial charge < -0.3 is 10.2 Å². The van der Waals surface area contributed by atoms with Crippen LogP contribution in [0.5, 0.6) is 0 Å². The van der Waals surface area contributed by atoms with E-state index < -0.39 is 11.9 Å². The molecule has 0 radical (unpaired) electrons. The number of pyridine rings is 1. The predicted octanol–water partition coefficient (Wildman–Crippen LogP) is 2.55. The van der Waals surface area contributed by atoms with Gasteiger partial charge in [-0.15, -0.1) is 0 Å². The van der Waals surface area contributed by atoms with E-state index in [-0.39, 0.29) is 0 Å². The summed E-state index contributed by atoms with van der Waals surface area (Å²) >= 11 is 0. The number of fused-ring (bicyclic) bond motifs is 2. The van der Waals surface area contributed by atoms with Crippen LogP contribution in [0.15, 0.2) is 54.6 Å². The molecule has 0 unspecified atom stereocenters. The lowest BCUT2D eigenvalue weighted by molar-refractivity contribution is -0.132. The lowest BCUT2D eigenvalue weighted by Crippen LogP contribution is -1.92. The second-order valence-corrected chi connectivity index (χ2v) is 4.23. The SMILES string of the molecule is O=C(O)C#CC(=O)O.c1ccc2nc3ccccc3cc2c1. The normalized spacial score (nSPS) is 9.27. The molecule has 3 rings (SSSR count). The number of aromatic nitrogens is 1. The molecule has 0 aliphatic heterocycles. The maximum Gasteiger partial charge on any atom is 0.382 e. The van der Waals surface area contributed by atoms with Gasteiger partial charge in [-0.1, -0.05) is 36.4 Å². The van der Waals surface area contributed by atoms with Crippen LogP contribution in [-0.2, 0) is 9.59 Å². The third kappa shape index (κ3) is 4.05. The molecule has 2 aromatic carbocycles. The molecule has 0 aliphatic carbocycles. The summed E-state index contributed by atoms with van der Waals surface area (Å²) in [5.74, 6) is -0.0511. The first kappa shape index (κ1) is 15.0. The number of hydrogen-bond donors (Lipinski definition) is 2. The molecule has 108 valence electrons. The molecule has 1 aromatic heterocycles. The average molecular weight is 293 g/mol. The Hall–Kier alpha value is -3.39. The zero-order valence-electron chi connectivity index (χ0n) is 11.4. The van der Waals surface area contributed by atoms with Gasteiger partial charge in [-0.25, -0.2) is 14.6 Å². The summed E-state index contributed by atoms with van der Waals surface area (Å²) in [6.45, 7) is 0. The molecule has 0 aliphatic rings. The molecule has 0 fully saturated rings. The smallest absolute Gasteiger partial charge is 0.382 e. The number of benzene rings is 2. The highest BCUT2D eigenvalue weighted by molar-refractivity contribution is 5.96. The van der Waals surface area contributed by atoms with Crippen LogP contribution in [0, 0.1) is 11.8 Å². The van der Waals surface area contributed by atoms with Crippen LogP contribution < -0.4 is 0 Å². The Balaban J connectivity index is 0.000000192. The maximum absolute atomic E-state index is 9.47. The fourth-order valence-corrected chi connectivity index (χ4v) is 1.83. The zero-order chi connectivity index (χ0) is 15.9. The maximum atomic E-state index is 9.47. The molecule has 0 bridgehead atoms. The fourth-order valence-electron chi connectivity index (χ4n) is 1.83. The minimum atomic E-state index is -1.44. The highest BCUT2D eigenvalue weighted by atomic mass is 16.4. The van der Waals surface area contributed by atoms with E-state index in [1.165, 1.54) is 22.6 Å². The largest absolute Gasteiger partial charge is 0.472 e. The number of nitrogens with zero attached hydrogens (tertiary/aromatic N) is 1. The zero-order valence-corrected chi connectivity index (χ0v) is 11.4. The summed E-state index contributed by atoms with van der Waals surface area (Å²) in [4.78, 5) is 23.5. The minimum Gasteiger partial charge on any atom is -0.472 e. The van der Waals surface area contributed by atoms with Crippen molar-refractivity contribution >= 4 is 33.7 Å². The molecule has 0 amide bonds. The van der Waals surface area contributed by atoms with Gasteiger partial charge in [0, 0.05) is 22.6 Å². The third-order valence-electron chi connectivity index (χ3n) is 2.70. The lowest BCUT2D eigenvalue weighted by Gasteiger charge is -1.99. The van der Waals surface area contributed by atoms with Crippen molar-refractivity contribution in [2.24, 2.45) is 0 Å². The van der Waals surface area contributed by atoms with Crippen molar-refractivity contribution in [1.29, 1.82) is 0 Å². The predicted molar refractivity (Wildman–Crippen MR) is 82.3 cm³/mol. The van der Waals surface area contributed by atoms with Crippen molar-refractivity contribution in [3.05, 3.63) is 54.6 Å². The Labute approximate surface area is 125 Å². The van der Waals surface area contributed by atoms with Crippen molar-refractivity contribution in [2.75, 3.05) is 0 Å². The molecule has 0 saturated carbocycles. The molecule has 3 aromatic rings. The monoisotopic (exact) mass is 293 g/mol. The van der Waals surface area contributed by atoms with Gasteiger partial charge in [0.1, 0.15) is 0 Å². The quantitative estimate of drug-likeness (QED) is 0.491. The fraction of sp³-hybridized carbons (Fsp3) is 0. The second kappa shape index (κ2) is 6.86. The van der Waals surface area contributed by atoms with Gasteiger partial charge in [0.2, 0.25) is 0 Å². The first-order valence-electron chi connectivity index (χ1n) is 6.28. The number of carboxylic acid groups (broad SMARTS) is 2. The van der Waals surface area contributed by atoms with Gasteiger partial charge in [-0.05, 0) is 18.2 Å². The Kier molecular flexibility index (Phi) is 4.68. The molecule has 0 saturated heterocycles. The summed E-state index contributed by atoms with van der Waals surface area (Å²) in [7, 11) is 0. The molecule has 5 nitrogen and oxygen atoms in total. The summed E-state index contributed by atoms with van der Waals surface area (Å²) in [6, 6.07) is 18.6. The minimum absolute atomic E-state index is 1.06. The standard InChI is InChI=1S/C13H9N.C4H2O4/c1-3-7-12-10(5-1)9-11-6-2-4-8-13(11)14-12;5-3(6)1-2-4(7)8/h1-9H;(H,5,6)(H,7,8). The molecular weight excluding hydrogens is 282 g/mol. The van der Waals surface area contributed by atoms with E-state index >= 15 is 0 Å². The van der Waals surface area contributed by atoms with Gasteiger partial charge in [-0.3, -0.25) is 0 Å². The van der Waals surface area contributed by atoms with Crippen LogP contribution in [0.2, 0.25) is 0 Å². The topological polar surface area (TPSA) is 87.5 Å². The summed E-state index contributed by atoms with van der Waals surface area (Å²) < 4.78 is 0. The van der Waals surface area contributed by atoms with E-state index in [0.29, 0.717) is 0 Å². The molecule has 1 heterocycles. The number of hydrogen-bond acceptors (Lipinski definition) is 3. The Bertz CT molecular complexity index is 783. The van der Waals surface area contributed by atoms with E-state index in [2.05, 4.69) is 23.2 Å². The van der Waals surface area contributed by atoms with Gasteiger partial charge >= 0.3 is 11.9 Å². The molecule has 2 N–H and O–H groups in total. The average Bonchev–Trinajstić information content (AvgIpc) is 2.51. The van der Waals surface area contributed by atoms with Crippen LogP contribution in [-0.4, -0.2) is 27.1 Å². The first-order valence-corrected chi connectivity index (χ1v) is 6.28. The van der Waals surface area contributed by atoms with E-state index in [1.807, 2.05) is 36.4 Å². The van der Waals surface area contributed by atoms with Gasteiger partial charge in [0.05, 0.1) is 11.0 Å². The lowest BCUT2D eigenvalue weighted by atomic mass is 10.1. The van der Waals surface area contributed by atoms with Gasteiger partial charge in [0.15, 0.2) is 0 Å². The van der Waals surface area contributed by atoms with Crippen molar-refractivity contribution in [3.8, 4) is 11.8 Å². The Morgan fingerprint density at radius 2 is 1.18 bits per heavy atom. The highest BCUT2D eigenvalue weighted by Crippen LogP contribution is 2.18. The van der Waals surface area contributed by atoms with Crippen molar-refractivity contribution in [2.45, 2.75) is 0 Å². The number of aliphatic carboxylic acids is 2. The number of carbonyl (C=O) groups is 2. The molecule has 0 spiro atoms. The van der Waals surface area contributed by atoms with Crippen LogP contribution in [0.25, 0.3) is 21.8 Å². The second-order valence-electron chi connectivity index (χ2n) is 4.23. The summed E-state index contributed by atoms with van der Waals surface area (Å²) in [6.07, 6.45) is 0. The number of para-hydroxylation sites is 2. The third-order valence-corrected chi connectivity index (χ3v) is 2.70. The van der Waals surface area contributed by atoms with Crippen LogP contribution in [0.3, 0.4) is 0 Å².